The summed E-state index contributed by atoms with van der Waals surface area (Å²) in [6.45, 7) is 10.8. The predicted molar refractivity (Wildman–Crippen MR) is 294 cm³/mol. The lowest BCUT2D eigenvalue weighted by Crippen LogP contribution is -2.45. The maximum atomic E-state index is 11.1. The Kier molecular flexibility index (Phi) is 13.8. The average molecular weight is 977 g/mol. The van der Waals surface area contributed by atoms with Gasteiger partial charge in [-0.1, -0.05) is 97.1 Å². The van der Waals surface area contributed by atoms with Gasteiger partial charge in [0.05, 0.1) is 0 Å². The number of rotatable bonds is 11. The normalized spacial score (nSPS) is 27.2. The highest BCUT2D eigenvalue weighted by molar-refractivity contribution is 5.58. The maximum Gasteiger partial charge on any atom is 0.159 e. The molecule has 0 bridgehead atoms. The molecule has 2 saturated carbocycles. The molecule has 2 saturated heterocycles. The van der Waals surface area contributed by atoms with Crippen LogP contribution >= 0.6 is 0 Å². The van der Waals surface area contributed by atoms with Crippen molar-refractivity contribution in [2.45, 2.75) is 121 Å². The Morgan fingerprint density at radius 2 is 1.07 bits per heavy atom. The van der Waals surface area contributed by atoms with Gasteiger partial charge in [-0.2, -0.15) is 0 Å². The molecule has 4 atom stereocenters. The van der Waals surface area contributed by atoms with Gasteiger partial charge in [0.1, 0.15) is 23.4 Å². The number of methoxy groups -OCH3 is 2. The van der Waals surface area contributed by atoms with Gasteiger partial charge in [0.2, 0.25) is 0 Å². The summed E-state index contributed by atoms with van der Waals surface area (Å²) < 4.78 is 17.3. The highest BCUT2D eigenvalue weighted by Crippen LogP contribution is 2.55. The number of carbonyl (C=O) groups is 1. The SMILES string of the molecule is COC(OC)C1CC2(CCN(c3ccc([C@@H]4c5ccc(OC(C)(C)C)cc5CC[C@@H]4c4ccccc4)cc3)C2)C1.O=CC1CC2(CCN(c3ccc([C@@H]4c5ccc(O)cc5CC[C@@H]4c4ccccc4)cc3)C2)C1. The van der Waals surface area contributed by atoms with Crippen molar-refractivity contribution in [3.8, 4) is 11.5 Å². The van der Waals surface area contributed by atoms with Crippen molar-refractivity contribution >= 4 is 17.7 Å². The van der Waals surface area contributed by atoms with E-state index in [0.717, 1.165) is 76.7 Å². The largest absolute Gasteiger partial charge is 0.508 e. The second kappa shape index (κ2) is 20.4. The van der Waals surface area contributed by atoms with Gasteiger partial charge >= 0.3 is 0 Å². The van der Waals surface area contributed by atoms with Crippen LogP contribution in [0.4, 0.5) is 11.4 Å². The minimum absolute atomic E-state index is 0.0639. The molecule has 2 heterocycles. The number of fused-ring (bicyclic) bond motifs is 2. The van der Waals surface area contributed by atoms with Crippen LogP contribution in [0.25, 0.3) is 0 Å². The lowest BCUT2D eigenvalue weighted by Gasteiger charge is -2.47. The molecule has 6 aromatic carbocycles. The first-order valence-electron chi connectivity index (χ1n) is 27.4. The van der Waals surface area contributed by atoms with E-state index in [2.05, 4.69) is 164 Å². The zero-order chi connectivity index (χ0) is 50.3. The van der Waals surface area contributed by atoms with Crippen LogP contribution in [0.5, 0.6) is 11.5 Å². The molecule has 2 aliphatic heterocycles. The highest BCUT2D eigenvalue weighted by atomic mass is 16.7. The predicted octanol–water partition coefficient (Wildman–Crippen LogP) is 14.0. The first-order valence-corrected chi connectivity index (χ1v) is 27.4. The quantitative estimate of drug-likeness (QED) is 0.102. The van der Waals surface area contributed by atoms with Crippen molar-refractivity contribution in [3.63, 3.8) is 0 Å². The number of anilines is 2. The van der Waals surface area contributed by atoms with Crippen LogP contribution in [-0.2, 0) is 27.1 Å². The van der Waals surface area contributed by atoms with Crippen molar-refractivity contribution in [3.05, 3.63) is 190 Å². The van der Waals surface area contributed by atoms with Gasteiger partial charge in [-0.05, 0) is 201 Å². The number of phenolic OH excluding ortho intramolecular Hbond substituents is 1. The number of nitrogens with zero attached hydrogens (tertiary/aromatic N) is 2. The summed E-state index contributed by atoms with van der Waals surface area (Å²) in [5, 5.41) is 10.1. The number of hydrogen-bond acceptors (Lipinski definition) is 7. The zero-order valence-electron chi connectivity index (χ0n) is 43.8. The number of aromatic hydroxyl groups is 1. The smallest absolute Gasteiger partial charge is 0.159 e. The fourth-order valence-electron chi connectivity index (χ4n) is 14.6. The third-order valence-electron chi connectivity index (χ3n) is 18.0. The Morgan fingerprint density at radius 1 is 0.589 bits per heavy atom. The molecule has 380 valence electrons. The molecule has 7 heteroatoms. The van der Waals surface area contributed by atoms with Crippen LogP contribution in [0.1, 0.15) is 140 Å². The number of aldehydes is 1. The van der Waals surface area contributed by atoms with Crippen LogP contribution in [0.2, 0.25) is 0 Å². The minimum atomic E-state index is -0.200. The number of phenols is 1. The van der Waals surface area contributed by atoms with Crippen LogP contribution in [0.3, 0.4) is 0 Å². The Hall–Kier alpha value is -5.89. The molecular formula is C66H76N2O5. The van der Waals surface area contributed by atoms with Crippen molar-refractivity contribution in [2.24, 2.45) is 22.7 Å². The van der Waals surface area contributed by atoms with E-state index in [4.69, 9.17) is 14.2 Å². The summed E-state index contributed by atoms with van der Waals surface area (Å²) >= 11 is 0. The fraction of sp³-hybridized carbons (Fsp3) is 0.439. The molecule has 7 nitrogen and oxygen atoms in total. The minimum Gasteiger partial charge on any atom is -0.508 e. The van der Waals surface area contributed by atoms with Crippen molar-refractivity contribution in [1.82, 2.24) is 0 Å². The van der Waals surface area contributed by atoms with E-state index >= 15 is 0 Å². The van der Waals surface area contributed by atoms with Gasteiger partial charge < -0.3 is 33.9 Å². The van der Waals surface area contributed by atoms with E-state index in [-0.39, 0.29) is 23.7 Å². The van der Waals surface area contributed by atoms with Gasteiger partial charge in [-0.15, -0.1) is 0 Å². The van der Waals surface area contributed by atoms with E-state index in [1.54, 1.807) is 14.2 Å². The number of benzene rings is 6. The Morgan fingerprint density at radius 3 is 1.55 bits per heavy atom. The molecule has 12 rings (SSSR count). The molecule has 0 aromatic heterocycles. The van der Waals surface area contributed by atoms with E-state index < -0.39 is 0 Å². The summed E-state index contributed by atoms with van der Waals surface area (Å²) in [7, 11) is 3.51. The van der Waals surface area contributed by atoms with Crippen molar-refractivity contribution in [2.75, 3.05) is 50.2 Å². The molecule has 6 aliphatic rings. The first-order chi connectivity index (χ1) is 35.4. The molecule has 4 fully saturated rings. The Bertz CT molecular complexity index is 2820. The van der Waals surface area contributed by atoms with Gasteiger partial charge in [-0.3, -0.25) is 0 Å². The molecule has 73 heavy (non-hydrogen) atoms. The van der Waals surface area contributed by atoms with Crippen LogP contribution in [-0.4, -0.2) is 63.7 Å². The molecule has 2 spiro atoms. The van der Waals surface area contributed by atoms with E-state index in [1.807, 2.05) is 12.1 Å². The first kappa shape index (κ1) is 49.3. The lowest BCUT2D eigenvalue weighted by molar-refractivity contribution is -0.177. The molecule has 4 aliphatic carbocycles. The number of carbonyl (C=O) groups excluding carboxylic acids is 1. The second-order valence-electron chi connectivity index (χ2n) is 23.9. The summed E-state index contributed by atoms with van der Waals surface area (Å²) in [5.41, 5.74) is 14.3. The van der Waals surface area contributed by atoms with Gasteiger partial charge in [0.15, 0.2) is 6.29 Å². The lowest BCUT2D eigenvalue weighted by atomic mass is 9.61. The average Bonchev–Trinajstić information content (AvgIpc) is 4.05. The van der Waals surface area contributed by atoms with Crippen LogP contribution < -0.4 is 14.5 Å². The fourth-order valence-corrected chi connectivity index (χ4v) is 14.6. The van der Waals surface area contributed by atoms with Gasteiger partial charge in [0.25, 0.3) is 0 Å². The summed E-state index contributed by atoms with van der Waals surface area (Å²) in [4.78, 5) is 16.2. The third-order valence-corrected chi connectivity index (χ3v) is 18.0. The summed E-state index contributed by atoms with van der Waals surface area (Å²) in [6.07, 6.45) is 12.4. The monoisotopic (exact) mass is 977 g/mol. The molecule has 0 amide bonds. The topological polar surface area (TPSA) is 71.5 Å². The molecule has 0 radical (unpaired) electrons. The molecule has 1 N–H and O–H groups in total. The van der Waals surface area contributed by atoms with Crippen LogP contribution in [0, 0.1) is 22.7 Å². The standard InChI is InChI=1S/C36H45NO3.C30H31NO2/c1-35(2,3)40-30-16-18-32-27(21-30)13-17-31(25-9-7-6-8-10-25)33(32)26-11-14-29(15-12-26)37-20-19-36(24-37)22-28(23-36)34(38-4)39-5;32-19-21-17-30(18-21)14-15-31(20-30)25-9-6-23(7-10-25)29-27(22-4-2-1-3-5-22)12-8-24-16-26(33)11-13-28(24)29/h6-12,14-16,18,21,28,31,33-34H,13,17,19-20,22-24H2,1-5H3;1-7,9-11,13,16,19,21,27,29,33H,8,12,14-15,17-18,20H2/t28?,31-,33+,36?;21?,27-,29+,30?/m11/s1. The van der Waals surface area contributed by atoms with Crippen LogP contribution in [0.15, 0.2) is 146 Å². The number of hydrogen-bond donors (Lipinski definition) is 1. The highest BCUT2D eigenvalue weighted by Gasteiger charge is 2.51. The van der Waals surface area contributed by atoms with Crippen molar-refractivity contribution in [1.29, 1.82) is 0 Å². The summed E-state index contributed by atoms with van der Waals surface area (Å²) in [6, 6.07) is 53.4. The molecular weight excluding hydrogens is 901 g/mol. The summed E-state index contributed by atoms with van der Waals surface area (Å²) in [5.74, 6) is 3.65. The number of ether oxygens (including phenoxy) is 3. The number of aryl methyl sites for hydroxylation is 2. The third kappa shape index (κ3) is 10.2. The maximum absolute atomic E-state index is 11.1. The van der Waals surface area contributed by atoms with Gasteiger partial charge in [0, 0.05) is 75.4 Å². The van der Waals surface area contributed by atoms with E-state index in [0.29, 0.717) is 40.3 Å². The van der Waals surface area contributed by atoms with Gasteiger partial charge in [-0.25, -0.2) is 0 Å². The second-order valence-corrected chi connectivity index (χ2v) is 23.9. The molecule has 6 aromatic rings. The Balaban J connectivity index is 0.000000160. The van der Waals surface area contributed by atoms with E-state index in [1.165, 1.54) is 81.6 Å². The van der Waals surface area contributed by atoms with Crippen molar-refractivity contribution < 1.29 is 24.1 Å². The Labute approximate surface area is 434 Å². The van der Waals surface area contributed by atoms with E-state index in [9.17, 15) is 9.90 Å². The molecule has 0 unspecified atom stereocenters. The zero-order valence-corrected chi connectivity index (χ0v) is 43.8.